The first kappa shape index (κ1) is 15.3. The van der Waals surface area contributed by atoms with Gasteiger partial charge in [-0.1, -0.05) is 6.07 Å². The molecule has 1 unspecified atom stereocenters. The summed E-state index contributed by atoms with van der Waals surface area (Å²) in [6, 6.07) is 4.72. The van der Waals surface area contributed by atoms with Crippen LogP contribution in [0.4, 0.5) is 5.69 Å². The van der Waals surface area contributed by atoms with Crippen molar-refractivity contribution in [2.75, 3.05) is 23.1 Å². The van der Waals surface area contributed by atoms with Crippen LogP contribution in [0.3, 0.4) is 0 Å². The fourth-order valence-electron chi connectivity index (χ4n) is 2.34. The van der Waals surface area contributed by atoms with Gasteiger partial charge in [-0.3, -0.25) is 0 Å². The molecule has 112 valence electrons. The summed E-state index contributed by atoms with van der Waals surface area (Å²) < 4.78 is 46.4. The van der Waals surface area contributed by atoms with Gasteiger partial charge >= 0.3 is 0 Å². The Morgan fingerprint density at radius 3 is 2.60 bits per heavy atom. The SMILES string of the molecule is Cc1ccc(S(C)(=O)=O)cc1NC1CCCS(=O)(=O)C1. The van der Waals surface area contributed by atoms with E-state index in [1.807, 2.05) is 6.92 Å². The molecule has 1 aromatic rings. The predicted molar refractivity (Wildman–Crippen MR) is 79.6 cm³/mol. The van der Waals surface area contributed by atoms with Crippen LogP contribution >= 0.6 is 0 Å². The minimum absolute atomic E-state index is 0.107. The number of benzene rings is 1. The number of hydrogen-bond acceptors (Lipinski definition) is 5. The molecule has 2 rings (SSSR count). The molecule has 0 amide bonds. The number of aryl methyl sites for hydroxylation is 1. The molecular formula is C13H19NO4S2. The standard InChI is InChI=1S/C13H19NO4S2/c1-10-5-6-12(19(2,15)16)8-13(10)14-11-4-3-7-20(17,18)9-11/h5-6,8,11,14H,3-4,7,9H2,1-2H3. The molecule has 0 radical (unpaired) electrons. The lowest BCUT2D eigenvalue weighted by Crippen LogP contribution is -2.35. The van der Waals surface area contributed by atoms with E-state index in [0.29, 0.717) is 12.1 Å². The van der Waals surface area contributed by atoms with Crippen LogP contribution in [0.5, 0.6) is 0 Å². The van der Waals surface area contributed by atoms with Crippen molar-refractivity contribution < 1.29 is 16.8 Å². The van der Waals surface area contributed by atoms with Gasteiger partial charge in [0.1, 0.15) is 0 Å². The second-order valence-corrected chi connectivity index (χ2v) is 9.59. The summed E-state index contributed by atoms with van der Waals surface area (Å²) in [4.78, 5) is 0.240. The summed E-state index contributed by atoms with van der Waals surface area (Å²) in [5.74, 6) is 0.350. The predicted octanol–water partition coefficient (Wildman–Crippen LogP) is 1.39. The maximum Gasteiger partial charge on any atom is 0.175 e. The fourth-order valence-corrected chi connectivity index (χ4v) is 4.63. The van der Waals surface area contributed by atoms with E-state index >= 15 is 0 Å². The first-order valence-electron chi connectivity index (χ1n) is 6.45. The van der Waals surface area contributed by atoms with Gasteiger partial charge in [-0.15, -0.1) is 0 Å². The summed E-state index contributed by atoms with van der Waals surface area (Å²) in [7, 11) is -6.25. The Hall–Kier alpha value is -1.08. The van der Waals surface area contributed by atoms with Gasteiger partial charge in [-0.2, -0.15) is 0 Å². The lowest BCUT2D eigenvalue weighted by Gasteiger charge is -2.25. The van der Waals surface area contributed by atoms with Crippen molar-refractivity contribution in [3.63, 3.8) is 0 Å². The molecule has 0 saturated carbocycles. The lowest BCUT2D eigenvalue weighted by atomic mass is 10.1. The van der Waals surface area contributed by atoms with Crippen molar-refractivity contribution in [3.8, 4) is 0 Å². The molecule has 1 fully saturated rings. The highest BCUT2D eigenvalue weighted by atomic mass is 32.2. The Balaban J connectivity index is 2.25. The Kier molecular flexibility index (Phi) is 4.11. The van der Waals surface area contributed by atoms with Crippen LogP contribution in [0, 0.1) is 6.92 Å². The Morgan fingerprint density at radius 2 is 2.00 bits per heavy atom. The van der Waals surface area contributed by atoms with Gasteiger partial charge in [-0.25, -0.2) is 16.8 Å². The van der Waals surface area contributed by atoms with Crippen molar-refractivity contribution in [1.82, 2.24) is 0 Å². The average Bonchev–Trinajstić information content (AvgIpc) is 2.29. The van der Waals surface area contributed by atoms with Gasteiger partial charge < -0.3 is 5.32 Å². The van der Waals surface area contributed by atoms with E-state index in [9.17, 15) is 16.8 Å². The highest BCUT2D eigenvalue weighted by molar-refractivity contribution is 7.91. The van der Waals surface area contributed by atoms with Crippen LogP contribution in [0.15, 0.2) is 23.1 Å². The van der Waals surface area contributed by atoms with E-state index in [1.165, 1.54) is 0 Å². The third kappa shape index (κ3) is 3.73. The zero-order chi connectivity index (χ0) is 15.0. The van der Waals surface area contributed by atoms with E-state index in [2.05, 4.69) is 5.32 Å². The quantitative estimate of drug-likeness (QED) is 0.911. The number of anilines is 1. The van der Waals surface area contributed by atoms with Gasteiger partial charge in [0.05, 0.1) is 16.4 Å². The van der Waals surface area contributed by atoms with Crippen molar-refractivity contribution in [3.05, 3.63) is 23.8 Å². The van der Waals surface area contributed by atoms with Gasteiger partial charge in [0.15, 0.2) is 19.7 Å². The molecule has 1 aliphatic rings. The van der Waals surface area contributed by atoms with Crippen LogP contribution in [-0.4, -0.2) is 40.6 Å². The molecule has 0 aliphatic carbocycles. The normalized spacial score (nSPS) is 22.4. The van der Waals surface area contributed by atoms with Crippen molar-refractivity contribution >= 4 is 25.4 Å². The molecule has 1 aliphatic heterocycles. The van der Waals surface area contributed by atoms with E-state index in [1.54, 1.807) is 18.2 Å². The molecule has 0 aromatic heterocycles. The Labute approximate surface area is 120 Å². The average molecular weight is 317 g/mol. The first-order chi connectivity index (χ1) is 9.17. The molecule has 20 heavy (non-hydrogen) atoms. The summed E-state index contributed by atoms with van der Waals surface area (Å²) >= 11 is 0. The summed E-state index contributed by atoms with van der Waals surface area (Å²) in [6.07, 6.45) is 2.58. The van der Waals surface area contributed by atoms with Gasteiger partial charge in [-0.05, 0) is 37.5 Å². The van der Waals surface area contributed by atoms with Crippen molar-refractivity contribution in [2.24, 2.45) is 0 Å². The maximum absolute atomic E-state index is 11.6. The molecular weight excluding hydrogens is 298 g/mol. The third-order valence-corrected chi connectivity index (χ3v) is 6.39. The van der Waals surface area contributed by atoms with Crippen LogP contribution in [0.1, 0.15) is 18.4 Å². The van der Waals surface area contributed by atoms with E-state index in [-0.39, 0.29) is 22.4 Å². The minimum atomic E-state index is -3.26. The first-order valence-corrected chi connectivity index (χ1v) is 10.2. The zero-order valence-corrected chi connectivity index (χ0v) is 13.2. The highest BCUT2D eigenvalue weighted by Crippen LogP contribution is 2.23. The summed E-state index contributed by atoms with van der Waals surface area (Å²) in [5, 5.41) is 3.17. The van der Waals surface area contributed by atoms with Crippen LogP contribution < -0.4 is 5.32 Å². The molecule has 0 spiro atoms. The zero-order valence-electron chi connectivity index (χ0n) is 11.6. The molecule has 5 nitrogen and oxygen atoms in total. The van der Waals surface area contributed by atoms with Crippen LogP contribution in [-0.2, 0) is 19.7 Å². The molecule has 1 heterocycles. The van der Waals surface area contributed by atoms with Crippen LogP contribution in [0.25, 0.3) is 0 Å². The van der Waals surface area contributed by atoms with E-state index in [4.69, 9.17) is 0 Å². The fraction of sp³-hybridized carbons (Fsp3) is 0.538. The number of nitrogens with one attached hydrogen (secondary N) is 1. The second kappa shape index (κ2) is 5.37. The maximum atomic E-state index is 11.6. The molecule has 1 saturated heterocycles. The van der Waals surface area contributed by atoms with E-state index in [0.717, 1.165) is 18.2 Å². The summed E-state index contributed by atoms with van der Waals surface area (Å²) in [6.45, 7) is 1.87. The minimum Gasteiger partial charge on any atom is -0.381 e. The largest absolute Gasteiger partial charge is 0.381 e. The number of rotatable bonds is 3. The Morgan fingerprint density at radius 1 is 1.30 bits per heavy atom. The smallest absolute Gasteiger partial charge is 0.175 e. The number of hydrogen-bond donors (Lipinski definition) is 1. The molecule has 1 atom stereocenters. The molecule has 7 heteroatoms. The van der Waals surface area contributed by atoms with Gasteiger partial charge in [0.25, 0.3) is 0 Å². The lowest BCUT2D eigenvalue weighted by molar-refractivity contribution is 0.561. The van der Waals surface area contributed by atoms with Crippen molar-refractivity contribution in [1.29, 1.82) is 0 Å². The monoisotopic (exact) mass is 317 g/mol. The van der Waals surface area contributed by atoms with Gasteiger partial charge in [0.2, 0.25) is 0 Å². The number of sulfone groups is 2. The van der Waals surface area contributed by atoms with E-state index < -0.39 is 19.7 Å². The highest BCUT2D eigenvalue weighted by Gasteiger charge is 2.25. The topological polar surface area (TPSA) is 80.3 Å². The van der Waals surface area contributed by atoms with Crippen LogP contribution in [0.2, 0.25) is 0 Å². The Bertz CT molecular complexity index is 708. The molecule has 0 bridgehead atoms. The third-order valence-electron chi connectivity index (χ3n) is 3.46. The van der Waals surface area contributed by atoms with Gasteiger partial charge in [0, 0.05) is 18.0 Å². The second-order valence-electron chi connectivity index (χ2n) is 5.35. The van der Waals surface area contributed by atoms with Crippen molar-refractivity contribution in [2.45, 2.75) is 30.7 Å². The molecule has 1 N–H and O–H groups in total. The summed E-state index contributed by atoms with van der Waals surface area (Å²) in [5.41, 5.74) is 1.59. The molecule has 1 aromatic carbocycles.